The Balaban J connectivity index is 2.33. The summed E-state index contributed by atoms with van der Waals surface area (Å²) in [6, 6.07) is 8.27. The third-order valence-electron chi connectivity index (χ3n) is 2.87. The maximum Gasteiger partial charge on any atom is 0.0953 e. The molecule has 2 aromatic rings. The van der Waals surface area contributed by atoms with E-state index in [4.69, 9.17) is 16.0 Å². The first-order chi connectivity index (χ1) is 8.70. The molecule has 0 saturated heterocycles. The van der Waals surface area contributed by atoms with Crippen LogP contribution >= 0.6 is 11.6 Å². The lowest BCUT2D eigenvalue weighted by molar-refractivity contribution is 0.548. The summed E-state index contributed by atoms with van der Waals surface area (Å²) in [7, 11) is 0. The average Bonchev–Trinajstić information content (AvgIpc) is 2.82. The van der Waals surface area contributed by atoms with Crippen LogP contribution < -0.4 is 5.32 Å². The molecule has 1 unspecified atom stereocenters. The van der Waals surface area contributed by atoms with Crippen LogP contribution in [0.25, 0.3) is 0 Å². The van der Waals surface area contributed by atoms with Crippen molar-refractivity contribution in [3.63, 3.8) is 0 Å². The van der Waals surface area contributed by atoms with Gasteiger partial charge in [0.2, 0.25) is 0 Å². The fourth-order valence-corrected chi connectivity index (χ4v) is 2.39. The van der Waals surface area contributed by atoms with Crippen molar-refractivity contribution in [2.24, 2.45) is 0 Å². The van der Waals surface area contributed by atoms with Gasteiger partial charge in [-0.2, -0.15) is 0 Å². The van der Waals surface area contributed by atoms with Crippen molar-refractivity contribution in [1.82, 2.24) is 5.32 Å². The van der Waals surface area contributed by atoms with Gasteiger partial charge in [0.25, 0.3) is 0 Å². The predicted molar refractivity (Wildman–Crippen MR) is 75.0 cm³/mol. The molecule has 0 aliphatic carbocycles. The van der Waals surface area contributed by atoms with E-state index in [1.54, 1.807) is 12.5 Å². The summed E-state index contributed by atoms with van der Waals surface area (Å²) in [5, 5.41) is 4.30. The van der Waals surface area contributed by atoms with E-state index in [9.17, 15) is 0 Å². The van der Waals surface area contributed by atoms with Crippen molar-refractivity contribution in [3.05, 3.63) is 58.5 Å². The summed E-state index contributed by atoms with van der Waals surface area (Å²) in [6.07, 6.45) is 4.57. The van der Waals surface area contributed by atoms with Crippen LogP contribution in [-0.2, 0) is 0 Å². The van der Waals surface area contributed by atoms with E-state index in [1.165, 1.54) is 11.1 Å². The average molecular weight is 264 g/mol. The molecule has 1 N–H and O–H groups in total. The molecule has 0 amide bonds. The minimum absolute atomic E-state index is 0.140. The Morgan fingerprint density at radius 2 is 2.11 bits per heavy atom. The first kappa shape index (κ1) is 13.2. The molecule has 1 aromatic heterocycles. The second-order valence-electron chi connectivity index (χ2n) is 4.51. The molecule has 1 aromatic carbocycles. The second-order valence-corrected chi connectivity index (χ2v) is 4.94. The zero-order chi connectivity index (χ0) is 13.0. The minimum Gasteiger partial charge on any atom is -0.472 e. The SMILES string of the molecule is CCCNC(c1ccoc1)c1cc(C)cc(Cl)c1. The molecular weight excluding hydrogens is 246 g/mol. The normalized spacial score (nSPS) is 12.6. The number of hydrogen-bond donors (Lipinski definition) is 1. The lowest BCUT2D eigenvalue weighted by atomic mass is 9.99. The molecule has 0 spiro atoms. The number of nitrogens with one attached hydrogen (secondary N) is 1. The van der Waals surface area contributed by atoms with Crippen molar-refractivity contribution < 1.29 is 4.42 Å². The Hall–Kier alpha value is -1.25. The third kappa shape index (κ3) is 3.15. The van der Waals surface area contributed by atoms with Gasteiger partial charge in [0.1, 0.15) is 0 Å². The largest absolute Gasteiger partial charge is 0.472 e. The Kier molecular flexibility index (Phi) is 4.45. The van der Waals surface area contributed by atoms with Gasteiger partial charge in [0.05, 0.1) is 18.6 Å². The Bertz CT molecular complexity index is 473. The van der Waals surface area contributed by atoms with Gasteiger partial charge in [-0.05, 0) is 49.2 Å². The summed E-state index contributed by atoms with van der Waals surface area (Å²) in [5.74, 6) is 0. The fraction of sp³-hybridized carbons (Fsp3) is 0.333. The van der Waals surface area contributed by atoms with Crippen LogP contribution in [0.5, 0.6) is 0 Å². The molecule has 1 heterocycles. The fourth-order valence-electron chi connectivity index (χ4n) is 2.09. The summed E-state index contributed by atoms with van der Waals surface area (Å²) in [6.45, 7) is 5.17. The highest BCUT2D eigenvalue weighted by Crippen LogP contribution is 2.26. The maximum atomic E-state index is 6.14. The van der Waals surface area contributed by atoms with Gasteiger partial charge in [-0.3, -0.25) is 0 Å². The highest BCUT2D eigenvalue weighted by molar-refractivity contribution is 6.30. The van der Waals surface area contributed by atoms with Gasteiger partial charge in [0.15, 0.2) is 0 Å². The van der Waals surface area contributed by atoms with Crippen LogP contribution in [0, 0.1) is 6.92 Å². The minimum atomic E-state index is 0.140. The molecule has 0 bridgehead atoms. The molecule has 0 radical (unpaired) electrons. The Morgan fingerprint density at radius 1 is 1.28 bits per heavy atom. The zero-order valence-electron chi connectivity index (χ0n) is 10.7. The predicted octanol–water partition coefficient (Wildman–Crippen LogP) is 4.33. The van der Waals surface area contributed by atoms with E-state index in [0.717, 1.165) is 23.6 Å². The molecule has 0 aliphatic rings. The van der Waals surface area contributed by atoms with Crippen LogP contribution in [0.4, 0.5) is 0 Å². The van der Waals surface area contributed by atoms with E-state index in [-0.39, 0.29) is 6.04 Å². The number of furan rings is 1. The summed E-state index contributed by atoms with van der Waals surface area (Å²) in [5.41, 5.74) is 3.48. The lowest BCUT2D eigenvalue weighted by Gasteiger charge is -2.18. The van der Waals surface area contributed by atoms with E-state index >= 15 is 0 Å². The molecule has 2 nitrogen and oxygen atoms in total. The first-order valence-electron chi connectivity index (χ1n) is 6.23. The number of aryl methyl sites for hydroxylation is 1. The van der Waals surface area contributed by atoms with Gasteiger partial charge in [-0.15, -0.1) is 0 Å². The molecular formula is C15H18ClNO. The molecule has 3 heteroatoms. The van der Waals surface area contributed by atoms with Crippen molar-refractivity contribution in [1.29, 1.82) is 0 Å². The monoisotopic (exact) mass is 263 g/mol. The topological polar surface area (TPSA) is 25.2 Å². The van der Waals surface area contributed by atoms with E-state index in [2.05, 4.69) is 25.2 Å². The van der Waals surface area contributed by atoms with Crippen LogP contribution in [0.15, 0.2) is 41.2 Å². The van der Waals surface area contributed by atoms with Crippen LogP contribution in [-0.4, -0.2) is 6.54 Å². The maximum absolute atomic E-state index is 6.14. The van der Waals surface area contributed by atoms with Crippen LogP contribution in [0.1, 0.15) is 36.1 Å². The van der Waals surface area contributed by atoms with Crippen molar-refractivity contribution in [2.75, 3.05) is 6.54 Å². The smallest absolute Gasteiger partial charge is 0.0953 e. The number of rotatable bonds is 5. The van der Waals surface area contributed by atoms with Gasteiger partial charge in [0, 0.05) is 10.6 Å². The number of benzene rings is 1. The van der Waals surface area contributed by atoms with E-state index < -0.39 is 0 Å². The molecule has 1 atom stereocenters. The van der Waals surface area contributed by atoms with Crippen LogP contribution in [0.3, 0.4) is 0 Å². The van der Waals surface area contributed by atoms with Crippen molar-refractivity contribution >= 4 is 11.6 Å². The lowest BCUT2D eigenvalue weighted by Crippen LogP contribution is -2.22. The van der Waals surface area contributed by atoms with Crippen molar-refractivity contribution in [3.8, 4) is 0 Å². The van der Waals surface area contributed by atoms with Crippen molar-refractivity contribution in [2.45, 2.75) is 26.3 Å². The van der Waals surface area contributed by atoms with E-state index in [1.807, 2.05) is 18.2 Å². The van der Waals surface area contributed by atoms with Crippen LogP contribution in [0.2, 0.25) is 5.02 Å². The standard InChI is InChI=1S/C15H18ClNO/c1-3-5-17-15(12-4-6-18-10-12)13-7-11(2)8-14(16)9-13/h4,6-10,15,17H,3,5H2,1-2H3. The molecule has 96 valence electrons. The summed E-state index contributed by atoms with van der Waals surface area (Å²) < 4.78 is 5.18. The van der Waals surface area contributed by atoms with Gasteiger partial charge in [-0.1, -0.05) is 24.6 Å². The number of hydrogen-bond acceptors (Lipinski definition) is 2. The second kappa shape index (κ2) is 6.07. The summed E-state index contributed by atoms with van der Waals surface area (Å²) >= 11 is 6.14. The molecule has 0 fully saturated rings. The zero-order valence-corrected chi connectivity index (χ0v) is 11.5. The van der Waals surface area contributed by atoms with Gasteiger partial charge < -0.3 is 9.73 Å². The molecule has 0 aliphatic heterocycles. The quantitative estimate of drug-likeness (QED) is 0.869. The van der Waals surface area contributed by atoms with Gasteiger partial charge in [-0.25, -0.2) is 0 Å². The number of halogens is 1. The first-order valence-corrected chi connectivity index (χ1v) is 6.61. The highest BCUT2D eigenvalue weighted by atomic mass is 35.5. The highest BCUT2D eigenvalue weighted by Gasteiger charge is 2.15. The third-order valence-corrected chi connectivity index (χ3v) is 3.09. The summed E-state index contributed by atoms with van der Waals surface area (Å²) in [4.78, 5) is 0. The van der Waals surface area contributed by atoms with Gasteiger partial charge >= 0.3 is 0 Å². The Labute approximate surface area is 113 Å². The molecule has 2 rings (SSSR count). The molecule has 0 saturated carbocycles. The molecule has 18 heavy (non-hydrogen) atoms. The van der Waals surface area contributed by atoms with E-state index in [0.29, 0.717) is 0 Å². The Morgan fingerprint density at radius 3 is 2.72 bits per heavy atom.